The summed E-state index contributed by atoms with van der Waals surface area (Å²) in [6, 6.07) is 6.00. The lowest BCUT2D eigenvalue weighted by Crippen LogP contribution is -2.43. The van der Waals surface area contributed by atoms with Crippen molar-refractivity contribution in [2.75, 3.05) is 13.7 Å². The van der Waals surface area contributed by atoms with Crippen molar-refractivity contribution in [1.82, 2.24) is 4.90 Å². The number of halogens is 1. The number of hydrogen-bond donors (Lipinski definition) is 0. The smallest absolute Gasteiger partial charge is 0.162 e. The minimum Gasteiger partial charge on any atom is -0.493 e. The third-order valence-electron chi connectivity index (χ3n) is 7.22. The van der Waals surface area contributed by atoms with Gasteiger partial charge in [0.05, 0.1) is 6.61 Å². The number of ether oxygens (including phenoxy) is 1. The Morgan fingerprint density at radius 1 is 0.970 bits per heavy atom. The topological polar surface area (TPSA) is 46.6 Å². The highest BCUT2D eigenvalue weighted by atomic mass is 79.9. The summed E-state index contributed by atoms with van der Waals surface area (Å²) in [6.07, 6.45) is 4.66. The Kier molecular flexibility index (Phi) is 6.41. The van der Waals surface area contributed by atoms with Crippen LogP contribution in [0.15, 0.2) is 45.2 Å². The molecule has 0 aromatic heterocycles. The van der Waals surface area contributed by atoms with Gasteiger partial charge in [0.15, 0.2) is 11.6 Å². The molecule has 1 heterocycles. The zero-order chi connectivity index (χ0) is 24.1. The van der Waals surface area contributed by atoms with Gasteiger partial charge in [0.1, 0.15) is 5.75 Å². The molecule has 2 aliphatic carbocycles. The van der Waals surface area contributed by atoms with Crippen molar-refractivity contribution in [3.63, 3.8) is 0 Å². The number of carbonyl (C=O) groups is 2. The van der Waals surface area contributed by atoms with Gasteiger partial charge < -0.3 is 9.64 Å². The third-order valence-corrected chi connectivity index (χ3v) is 7.71. The lowest BCUT2D eigenvalue weighted by molar-refractivity contribution is -0.119. The quantitative estimate of drug-likeness (QED) is 0.399. The number of carbonyl (C=O) groups excluding carboxylic acids is 2. The summed E-state index contributed by atoms with van der Waals surface area (Å²) in [7, 11) is 2.05. The van der Waals surface area contributed by atoms with Gasteiger partial charge in [-0.25, -0.2) is 0 Å². The molecule has 178 valence electrons. The largest absolute Gasteiger partial charge is 0.493 e. The first-order valence-corrected chi connectivity index (χ1v) is 12.9. The highest BCUT2D eigenvalue weighted by Crippen LogP contribution is 2.55. The third kappa shape index (κ3) is 4.58. The van der Waals surface area contributed by atoms with Gasteiger partial charge in [-0.2, -0.15) is 0 Å². The van der Waals surface area contributed by atoms with E-state index in [9.17, 15) is 9.59 Å². The molecular formula is C28H36BrNO3. The van der Waals surface area contributed by atoms with Crippen LogP contribution in [0.5, 0.6) is 5.75 Å². The van der Waals surface area contributed by atoms with Crippen LogP contribution in [0, 0.1) is 10.8 Å². The maximum atomic E-state index is 13.7. The molecule has 4 nitrogen and oxygen atoms in total. The van der Waals surface area contributed by atoms with Crippen LogP contribution in [0.2, 0.25) is 0 Å². The molecule has 4 rings (SSSR count). The molecule has 0 atom stereocenters. The molecule has 33 heavy (non-hydrogen) atoms. The summed E-state index contributed by atoms with van der Waals surface area (Å²) in [5, 5.41) is 0. The Bertz CT molecular complexity index is 1010. The Morgan fingerprint density at radius 2 is 1.52 bits per heavy atom. The normalized spacial score (nSPS) is 22.5. The van der Waals surface area contributed by atoms with Crippen LogP contribution in [0.1, 0.15) is 84.6 Å². The maximum absolute atomic E-state index is 13.7. The van der Waals surface area contributed by atoms with E-state index >= 15 is 0 Å². The molecule has 0 saturated carbocycles. The van der Waals surface area contributed by atoms with Gasteiger partial charge in [-0.05, 0) is 48.3 Å². The maximum Gasteiger partial charge on any atom is 0.162 e. The van der Waals surface area contributed by atoms with Crippen LogP contribution in [0.25, 0.3) is 0 Å². The Hall–Kier alpha value is -1.88. The van der Waals surface area contributed by atoms with Crippen molar-refractivity contribution in [1.29, 1.82) is 0 Å². The van der Waals surface area contributed by atoms with Crippen LogP contribution in [0.3, 0.4) is 0 Å². The number of ketones is 2. The fourth-order valence-electron chi connectivity index (χ4n) is 5.68. The first-order chi connectivity index (χ1) is 15.4. The van der Waals surface area contributed by atoms with E-state index in [1.54, 1.807) is 0 Å². The molecule has 5 heteroatoms. The second-order valence-corrected chi connectivity index (χ2v) is 12.4. The van der Waals surface area contributed by atoms with E-state index in [2.05, 4.69) is 55.4 Å². The van der Waals surface area contributed by atoms with Gasteiger partial charge in [-0.15, -0.1) is 0 Å². The zero-order valence-electron chi connectivity index (χ0n) is 20.8. The lowest BCUT2D eigenvalue weighted by Gasteiger charge is -2.48. The summed E-state index contributed by atoms with van der Waals surface area (Å²) in [4.78, 5) is 29.5. The van der Waals surface area contributed by atoms with Crippen molar-refractivity contribution in [3.05, 3.63) is 50.8 Å². The Morgan fingerprint density at radius 3 is 2.03 bits per heavy atom. The molecule has 0 spiro atoms. The van der Waals surface area contributed by atoms with Crippen LogP contribution in [-0.2, 0) is 9.59 Å². The highest BCUT2D eigenvalue weighted by molar-refractivity contribution is 9.10. The van der Waals surface area contributed by atoms with E-state index in [0.29, 0.717) is 19.4 Å². The summed E-state index contributed by atoms with van der Waals surface area (Å²) in [5.41, 5.74) is 4.46. The van der Waals surface area contributed by atoms with E-state index in [1.165, 1.54) is 0 Å². The van der Waals surface area contributed by atoms with Crippen LogP contribution < -0.4 is 4.74 Å². The first kappa shape index (κ1) is 24.3. The average Bonchev–Trinajstić information content (AvgIpc) is 2.69. The minimum atomic E-state index is -0.368. The van der Waals surface area contributed by atoms with Gasteiger partial charge in [0, 0.05) is 58.4 Å². The van der Waals surface area contributed by atoms with E-state index in [4.69, 9.17) is 4.74 Å². The van der Waals surface area contributed by atoms with Crippen molar-refractivity contribution < 1.29 is 14.3 Å². The number of nitrogens with zero attached hydrogens (tertiary/aromatic N) is 1. The molecule has 0 radical (unpaired) electrons. The average molecular weight is 515 g/mol. The Labute approximate surface area is 206 Å². The van der Waals surface area contributed by atoms with Crippen LogP contribution in [0.4, 0.5) is 0 Å². The molecule has 0 N–H and O–H groups in total. The molecule has 0 unspecified atom stereocenters. The fraction of sp³-hybridized carbons (Fsp3) is 0.571. The molecule has 0 bridgehead atoms. The molecule has 3 aliphatic rings. The summed E-state index contributed by atoms with van der Waals surface area (Å²) in [5.74, 6) is 0.714. The molecule has 1 aromatic carbocycles. The summed E-state index contributed by atoms with van der Waals surface area (Å²) in [6.45, 7) is 11.4. The highest BCUT2D eigenvalue weighted by Gasteiger charge is 2.48. The lowest BCUT2D eigenvalue weighted by atomic mass is 9.63. The van der Waals surface area contributed by atoms with Gasteiger partial charge in [0.2, 0.25) is 0 Å². The van der Waals surface area contributed by atoms with Gasteiger partial charge in [-0.1, -0.05) is 57.0 Å². The number of unbranched alkanes of at least 4 members (excludes halogenated alkanes) is 1. The molecular weight excluding hydrogens is 478 g/mol. The standard InChI is InChI=1S/C28H36BrNO3/c1-7-8-11-33-23-10-9-17(29)12-18(23)24-25-19(13-27(2,3)15-21(25)31)30(6)20-14-28(4,5)16-22(32)26(20)24/h9-10,12,24H,7-8,11,13-16H2,1-6H3. The van der Waals surface area contributed by atoms with E-state index < -0.39 is 0 Å². The van der Waals surface area contributed by atoms with Gasteiger partial charge in [0.25, 0.3) is 0 Å². The summed E-state index contributed by atoms with van der Waals surface area (Å²) < 4.78 is 7.15. The molecule has 1 aliphatic heterocycles. The predicted molar refractivity (Wildman–Crippen MR) is 135 cm³/mol. The van der Waals surface area contributed by atoms with Gasteiger partial charge in [-0.3, -0.25) is 9.59 Å². The minimum absolute atomic E-state index is 0.0985. The fourth-order valence-corrected chi connectivity index (χ4v) is 6.06. The van der Waals surface area contributed by atoms with E-state index in [1.807, 2.05) is 25.2 Å². The van der Waals surface area contributed by atoms with E-state index in [-0.39, 0.29) is 28.3 Å². The van der Waals surface area contributed by atoms with Gasteiger partial charge >= 0.3 is 0 Å². The van der Waals surface area contributed by atoms with Crippen molar-refractivity contribution in [3.8, 4) is 5.75 Å². The number of Topliss-reactive ketones (excluding diaryl/α,β-unsaturated/α-hetero) is 2. The van der Waals surface area contributed by atoms with Crippen molar-refractivity contribution in [2.24, 2.45) is 10.8 Å². The second kappa shape index (κ2) is 8.72. The molecule has 0 amide bonds. The number of allylic oxidation sites excluding steroid dienone is 4. The Balaban J connectivity index is 1.95. The first-order valence-electron chi connectivity index (χ1n) is 12.1. The SMILES string of the molecule is CCCCOc1ccc(Br)cc1C1C2=C(CC(C)(C)CC2=O)N(C)C2=C1C(=O)CC(C)(C)C2. The monoisotopic (exact) mass is 513 g/mol. The zero-order valence-corrected chi connectivity index (χ0v) is 22.4. The van der Waals surface area contributed by atoms with Crippen LogP contribution in [-0.4, -0.2) is 30.1 Å². The number of hydrogen-bond acceptors (Lipinski definition) is 4. The van der Waals surface area contributed by atoms with Crippen LogP contribution >= 0.6 is 15.9 Å². The predicted octanol–water partition coefficient (Wildman–Crippen LogP) is 6.94. The van der Waals surface area contributed by atoms with Crippen molar-refractivity contribution in [2.45, 2.75) is 79.1 Å². The summed E-state index contributed by atoms with van der Waals surface area (Å²) >= 11 is 3.63. The second-order valence-electron chi connectivity index (χ2n) is 11.5. The number of rotatable bonds is 5. The molecule has 1 aromatic rings. The van der Waals surface area contributed by atoms with Crippen molar-refractivity contribution >= 4 is 27.5 Å². The molecule has 0 fully saturated rings. The molecule has 0 saturated heterocycles. The number of benzene rings is 1. The van der Waals surface area contributed by atoms with E-state index in [0.717, 1.165) is 64.0 Å².